The Morgan fingerprint density at radius 2 is 1.89 bits per heavy atom. The van der Waals surface area contributed by atoms with E-state index in [2.05, 4.69) is 17.2 Å². The average molecular weight is 495 g/mol. The number of aliphatic hydroxyl groups excluding tert-OH is 1. The Labute approximate surface area is 207 Å². The van der Waals surface area contributed by atoms with E-state index < -0.39 is 41.0 Å². The first-order valence-corrected chi connectivity index (χ1v) is 11.1. The minimum absolute atomic E-state index is 0.114. The molecule has 0 aliphatic carbocycles. The number of nitrogens with zero attached hydrogens (tertiary/aromatic N) is 2. The highest BCUT2D eigenvalue weighted by Crippen LogP contribution is 2.27. The third-order valence-electron chi connectivity index (χ3n) is 5.44. The fraction of sp³-hybridized carbons (Fsp3) is 0.320. The van der Waals surface area contributed by atoms with Crippen LogP contribution in [0.1, 0.15) is 25.3 Å². The molecule has 1 unspecified atom stereocenters. The number of hydrogen-bond donors (Lipinski definition) is 2. The number of hydrogen-bond acceptors (Lipinski definition) is 8. The van der Waals surface area contributed by atoms with Gasteiger partial charge in [0.15, 0.2) is 6.61 Å². The number of nitro benzene ring substituents is 1. The van der Waals surface area contributed by atoms with E-state index in [0.29, 0.717) is 24.2 Å². The standard InChI is InChI=1S/C25H25N3O8/c1-2-3-5-10-20-22(26-21(29)16-35-19-8-6-4-7-9-19)23(30)27(20)24(31)25(32)36-15-17-11-13-18(14-12-17)28(33)34/h4,6-9,11-14,20,22,24,31H,5,10,15-16H2,1H3,(H,26,29)/t20-,22+,24?/m1/s1. The number of carbonyl (C=O) groups excluding carboxylic acids is 3. The molecule has 1 aliphatic rings. The summed E-state index contributed by atoms with van der Waals surface area (Å²) in [5.41, 5.74) is 0.353. The number of amides is 2. The molecule has 2 amide bonds. The van der Waals surface area contributed by atoms with Crippen molar-refractivity contribution in [2.45, 2.75) is 44.7 Å². The smallest absolute Gasteiger partial charge is 0.356 e. The molecule has 1 aliphatic heterocycles. The van der Waals surface area contributed by atoms with Gasteiger partial charge in [-0.1, -0.05) is 18.2 Å². The van der Waals surface area contributed by atoms with E-state index in [-0.39, 0.29) is 18.9 Å². The van der Waals surface area contributed by atoms with Gasteiger partial charge in [-0.3, -0.25) is 24.6 Å². The molecule has 3 atom stereocenters. The van der Waals surface area contributed by atoms with E-state index in [1.807, 2.05) is 0 Å². The summed E-state index contributed by atoms with van der Waals surface area (Å²) in [5, 5.41) is 23.8. The number of non-ortho nitro benzene ring substituents is 1. The van der Waals surface area contributed by atoms with E-state index in [4.69, 9.17) is 9.47 Å². The number of likely N-dealkylation sites (tertiary alicyclic amines) is 1. The molecule has 188 valence electrons. The quantitative estimate of drug-likeness (QED) is 0.157. The number of ether oxygens (including phenoxy) is 2. The van der Waals surface area contributed by atoms with E-state index in [9.17, 15) is 29.6 Å². The van der Waals surface area contributed by atoms with Gasteiger partial charge in [-0.05, 0) is 43.2 Å². The van der Waals surface area contributed by atoms with Gasteiger partial charge < -0.3 is 19.9 Å². The van der Waals surface area contributed by atoms with Gasteiger partial charge in [0.25, 0.3) is 11.6 Å². The normalized spacial score (nSPS) is 17.2. The highest BCUT2D eigenvalue weighted by molar-refractivity contribution is 5.96. The third-order valence-corrected chi connectivity index (χ3v) is 5.44. The molecular weight excluding hydrogens is 470 g/mol. The van der Waals surface area contributed by atoms with Gasteiger partial charge in [-0.2, -0.15) is 0 Å². The number of carbonyl (C=O) groups is 3. The Morgan fingerprint density at radius 3 is 2.53 bits per heavy atom. The van der Waals surface area contributed by atoms with Crippen LogP contribution in [0.4, 0.5) is 5.69 Å². The van der Waals surface area contributed by atoms with Gasteiger partial charge >= 0.3 is 5.97 Å². The van der Waals surface area contributed by atoms with Gasteiger partial charge in [0.1, 0.15) is 18.4 Å². The van der Waals surface area contributed by atoms with Gasteiger partial charge in [0, 0.05) is 18.6 Å². The number of aliphatic hydroxyl groups is 1. The van der Waals surface area contributed by atoms with Crippen molar-refractivity contribution in [3.8, 4) is 17.6 Å². The number of nitrogens with one attached hydrogen (secondary N) is 1. The molecule has 1 fully saturated rings. The lowest BCUT2D eigenvalue weighted by molar-refractivity contribution is -0.384. The minimum Gasteiger partial charge on any atom is -0.484 e. The Kier molecular flexibility index (Phi) is 8.96. The minimum atomic E-state index is -1.89. The number of benzene rings is 2. The van der Waals surface area contributed by atoms with Crippen molar-refractivity contribution in [3.05, 3.63) is 70.3 Å². The van der Waals surface area contributed by atoms with E-state index in [0.717, 1.165) is 4.90 Å². The molecule has 36 heavy (non-hydrogen) atoms. The number of para-hydroxylation sites is 1. The van der Waals surface area contributed by atoms with Crippen molar-refractivity contribution in [2.75, 3.05) is 6.61 Å². The first kappa shape index (κ1) is 26.2. The van der Waals surface area contributed by atoms with Crippen LogP contribution in [0.2, 0.25) is 0 Å². The Bertz CT molecular complexity index is 1160. The van der Waals surface area contributed by atoms with Gasteiger partial charge in [0.05, 0.1) is 11.0 Å². The molecule has 11 heteroatoms. The van der Waals surface area contributed by atoms with Crippen molar-refractivity contribution in [2.24, 2.45) is 0 Å². The predicted octanol–water partition coefficient (Wildman–Crippen LogP) is 1.53. The maximum absolute atomic E-state index is 12.7. The molecular formula is C25H25N3O8. The molecule has 0 spiro atoms. The Hall–Kier alpha value is -4.43. The highest BCUT2D eigenvalue weighted by atomic mass is 16.6. The summed E-state index contributed by atoms with van der Waals surface area (Å²) in [4.78, 5) is 48.7. The summed E-state index contributed by atoms with van der Waals surface area (Å²) >= 11 is 0. The van der Waals surface area contributed by atoms with Crippen LogP contribution < -0.4 is 10.1 Å². The van der Waals surface area contributed by atoms with Crippen LogP contribution in [-0.2, 0) is 25.7 Å². The average Bonchev–Trinajstić information content (AvgIpc) is 2.89. The zero-order valence-corrected chi connectivity index (χ0v) is 19.5. The Morgan fingerprint density at radius 1 is 1.19 bits per heavy atom. The zero-order chi connectivity index (χ0) is 26.1. The van der Waals surface area contributed by atoms with Crippen LogP contribution in [0.3, 0.4) is 0 Å². The first-order chi connectivity index (χ1) is 17.3. The summed E-state index contributed by atoms with van der Waals surface area (Å²) < 4.78 is 10.5. The van der Waals surface area contributed by atoms with Crippen molar-refractivity contribution in [1.29, 1.82) is 0 Å². The van der Waals surface area contributed by atoms with Crippen molar-refractivity contribution in [1.82, 2.24) is 10.2 Å². The van der Waals surface area contributed by atoms with Crippen LogP contribution in [0.5, 0.6) is 5.75 Å². The third kappa shape index (κ3) is 6.58. The van der Waals surface area contributed by atoms with Crippen molar-refractivity contribution in [3.63, 3.8) is 0 Å². The topological polar surface area (TPSA) is 148 Å². The van der Waals surface area contributed by atoms with Gasteiger partial charge in [-0.15, -0.1) is 11.8 Å². The number of esters is 1. The first-order valence-electron chi connectivity index (χ1n) is 11.1. The van der Waals surface area contributed by atoms with Crippen LogP contribution in [-0.4, -0.2) is 57.6 Å². The molecule has 2 aromatic rings. The number of nitro groups is 1. The van der Waals surface area contributed by atoms with Crippen LogP contribution in [0.25, 0.3) is 0 Å². The molecule has 0 bridgehead atoms. The lowest BCUT2D eigenvalue weighted by Crippen LogP contribution is -2.74. The molecule has 0 saturated carbocycles. The number of rotatable bonds is 11. The summed E-state index contributed by atoms with van der Waals surface area (Å²) in [6, 6.07) is 12.4. The monoisotopic (exact) mass is 495 g/mol. The number of β-lactam (4-membered cyclic amide) rings is 1. The van der Waals surface area contributed by atoms with Crippen molar-refractivity contribution >= 4 is 23.5 Å². The van der Waals surface area contributed by atoms with Crippen LogP contribution in [0.15, 0.2) is 54.6 Å². The summed E-state index contributed by atoms with van der Waals surface area (Å²) in [6.07, 6.45) is -1.20. The van der Waals surface area contributed by atoms with E-state index in [1.165, 1.54) is 24.3 Å². The maximum Gasteiger partial charge on any atom is 0.356 e. The fourth-order valence-corrected chi connectivity index (χ4v) is 3.61. The second-order valence-electron chi connectivity index (χ2n) is 7.83. The second kappa shape index (κ2) is 12.3. The molecule has 2 N–H and O–H groups in total. The fourth-order valence-electron chi connectivity index (χ4n) is 3.61. The maximum atomic E-state index is 12.7. The van der Waals surface area contributed by atoms with Crippen LogP contribution in [0, 0.1) is 22.0 Å². The molecule has 1 saturated heterocycles. The van der Waals surface area contributed by atoms with E-state index >= 15 is 0 Å². The summed E-state index contributed by atoms with van der Waals surface area (Å²) in [6.45, 7) is 1.10. The van der Waals surface area contributed by atoms with E-state index in [1.54, 1.807) is 37.3 Å². The lowest BCUT2D eigenvalue weighted by Gasteiger charge is -2.48. The van der Waals surface area contributed by atoms with Gasteiger partial charge in [-0.25, -0.2) is 4.79 Å². The molecule has 11 nitrogen and oxygen atoms in total. The predicted molar refractivity (Wildman–Crippen MR) is 126 cm³/mol. The molecule has 0 aromatic heterocycles. The Balaban J connectivity index is 1.58. The molecule has 0 radical (unpaired) electrons. The SMILES string of the molecule is CC#CCC[C@@H]1[C@H](NC(=O)COc2ccccc2)C(=O)N1C(O)C(=O)OCc1ccc([N+](=O)[O-])cc1. The summed E-state index contributed by atoms with van der Waals surface area (Å²) in [7, 11) is 0. The van der Waals surface area contributed by atoms with Gasteiger partial charge in [0.2, 0.25) is 12.1 Å². The summed E-state index contributed by atoms with van der Waals surface area (Å²) in [5.74, 6) is 3.86. The largest absolute Gasteiger partial charge is 0.484 e. The molecule has 1 heterocycles. The second-order valence-corrected chi connectivity index (χ2v) is 7.83. The lowest BCUT2D eigenvalue weighted by atomic mass is 9.90. The van der Waals surface area contributed by atoms with Crippen LogP contribution >= 0.6 is 0 Å². The highest BCUT2D eigenvalue weighted by Gasteiger charge is 2.52. The zero-order valence-electron chi connectivity index (χ0n) is 19.5. The molecule has 2 aromatic carbocycles. The van der Waals surface area contributed by atoms with Crippen molar-refractivity contribution < 1.29 is 33.9 Å². The molecule has 3 rings (SSSR count).